The predicted octanol–water partition coefficient (Wildman–Crippen LogP) is 4.60. The Bertz CT molecular complexity index is 982. The lowest BCUT2D eigenvalue weighted by atomic mass is 10.2. The molecule has 3 aromatic rings. The molecule has 6 nitrogen and oxygen atoms in total. The lowest BCUT2D eigenvalue weighted by Gasteiger charge is -2.09. The number of carboxylic acid groups (broad SMARTS) is 1. The first kappa shape index (κ1) is 16.3. The second kappa shape index (κ2) is 6.14. The highest BCUT2D eigenvalue weighted by Gasteiger charge is 2.21. The molecule has 0 bridgehead atoms. The van der Waals surface area contributed by atoms with Crippen LogP contribution in [0.1, 0.15) is 16.1 Å². The molecule has 1 N–H and O–H groups in total. The molecule has 0 radical (unpaired) electrons. The van der Waals surface area contributed by atoms with Gasteiger partial charge in [0.1, 0.15) is 5.69 Å². The van der Waals surface area contributed by atoms with E-state index in [0.717, 1.165) is 5.56 Å². The van der Waals surface area contributed by atoms with Crippen molar-refractivity contribution in [2.24, 2.45) is 0 Å². The fourth-order valence-corrected chi connectivity index (χ4v) is 2.92. The summed E-state index contributed by atoms with van der Waals surface area (Å²) < 4.78 is 1.50. The number of nitro groups is 1. The number of hydrogen-bond acceptors (Lipinski definition) is 3. The Morgan fingerprint density at radius 2 is 1.92 bits per heavy atom. The fourth-order valence-electron chi connectivity index (χ4n) is 2.60. The van der Waals surface area contributed by atoms with Crippen LogP contribution in [0, 0.1) is 10.1 Å². The first-order chi connectivity index (χ1) is 11.4. The van der Waals surface area contributed by atoms with Crippen LogP contribution in [0.3, 0.4) is 0 Å². The van der Waals surface area contributed by atoms with Crippen LogP contribution < -0.4 is 0 Å². The zero-order valence-corrected chi connectivity index (χ0v) is 13.6. The van der Waals surface area contributed by atoms with Gasteiger partial charge in [0.25, 0.3) is 5.69 Å². The number of hydrogen-bond donors (Lipinski definition) is 1. The minimum Gasteiger partial charge on any atom is -0.477 e. The van der Waals surface area contributed by atoms with Crippen LogP contribution >= 0.6 is 23.2 Å². The Kier molecular flexibility index (Phi) is 4.17. The average Bonchev–Trinajstić information content (AvgIpc) is 2.89. The summed E-state index contributed by atoms with van der Waals surface area (Å²) in [5.41, 5.74) is 1.02. The molecule has 0 unspecified atom stereocenters. The maximum atomic E-state index is 11.5. The first-order valence-corrected chi connectivity index (χ1v) is 7.58. The maximum absolute atomic E-state index is 11.5. The highest BCUT2D eigenvalue weighted by molar-refractivity contribution is 6.42. The lowest BCUT2D eigenvalue weighted by Crippen LogP contribution is -2.09. The van der Waals surface area contributed by atoms with Crippen molar-refractivity contribution in [2.45, 2.75) is 6.54 Å². The Labute approximate surface area is 146 Å². The third kappa shape index (κ3) is 2.81. The Morgan fingerprint density at radius 1 is 1.17 bits per heavy atom. The minimum absolute atomic E-state index is 0.0367. The molecule has 0 saturated carbocycles. The molecule has 0 amide bonds. The number of rotatable bonds is 4. The van der Waals surface area contributed by atoms with Gasteiger partial charge in [0.2, 0.25) is 0 Å². The van der Waals surface area contributed by atoms with E-state index in [1.807, 2.05) is 0 Å². The van der Waals surface area contributed by atoms with Gasteiger partial charge in [0, 0.05) is 12.6 Å². The molecule has 1 heterocycles. The highest BCUT2D eigenvalue weighted by Crippen LogP contribution is 2.30. The van der Waals surface area contributed by atoms with Crippen LogP contribution in [0.25, 0.3) is 10.9 Å². The van der Waals surface area contributed by atoms with Gasteiger partial charge in [-0.25, -0.2) is 4.79 Å². The van der Waals surface area contributed by atoms with Gasteiger partial charge in [-0.15, -0.1) is 0 Å². The largest absolute Gasteiger partial charge is 0.477 e. The van der Waals surface area contributed by atoms with E-state index in [-0.39, 0.29) is 23.3 Å². The Balaban J connectivity index is 2.20. The van der Waals surface area contributed by atoms with Gasteiger partial charge in [-0.1, -0.05) is 35.3 Å². The number of carboxylic acids is 1. The topological polar surface area (TPSA) is 85.4 Å². The van der Waals surface area contributed by atoms with Gasteiger partial charge in [0.05, 0.1) is 25.9 Å². The Hall–Kier alpha value is -2.57. The SMILES string of the molecule is O=C(O)c1cc2c([N+](=O)[O-])cccc2n1Cc1ccc(Cl)c(Cl)c1. The Morgan fingerprint density at radius 3 is 2.54 bits per heavy atom. The zero-order chi connectivity index (χ0) is 17.4. The summed E-state index contributed by atoms with van der Waals surface area (Å²) >= 11 is 11.9. The van der Waals surface area contributed by atoms with Crippen molar-refractivity contribution < 1.29 is 14.8 Å². The molecule has 122 valence electrons. The van der Waals surface area contributed by atoms with E-state index in [4.69, 9.17) is 23.2 Å². The van der Waals surface area contributed by atoms with E-state index in [9.17, 15) is 20.0 Å². The van der Waals surface area contributed by atoms with Crippen LogP contribution in [0.15, 0.2) is 42.5 Å². The van der Waals surface area contributed by atoms with Crippen LogP contribution in [-0.4, -0.2) is 20.6 Å². The van der Waals surface area contributed by atoms with Gasteiger partial charge >= 0.3 is 5.97 Å². The quantitative estimate of drug-likeness (QED) is 0.541. The molecule has 1 aromatic heterocycles. The first-order valence-electron chi connectivity index (χ1n) is 6.82. The number of halogens is 2. The number of carbonyl (C=O) groups is 1. The van der Waals surface area contributed by atoms with Crippen molar-refractivity contribution in [3.05, 3.63) is 73.9 Å². The van der Waals surface area contributed by atoms with Crippen molar-refractivity contribution in [3.63, 3.8) is 0 Å². The van der Waals surface area contributed by atoms with Gasteiger partial charge < -0.3 is 9.67 Å². The number of fused-ring (bicyclic) bond motifs is 1. The zero-order valence-electron chi connectivity index (χ0n) is 12.1. The van der Waals surface area contributed by atoms with Crippen LogP contribution in [0.4, 0.5) is 5.69 Å². The van der Waals surface area contributed by atoms with Crippen LogP contribution in [-0.2, 0) is 6.54 Å². The van der Waals surface area contributed by atoms with Crippen molar-refractivity contribution in [1.82, 2.24) is 4.57 Å². The smallest absolute Gasteiger partial charge is 0.352 e. The molecular weight excluding hydrogens is 355 g/mol. The molecule has 0 aliphatic heterocycles. The number of aromatic carboxylic acids is 1. The summed E-state index contributed by atoms with van der Waals surface area (Å²) in [5.74, 6) is -1.17. The molecule has 3 rings (SSSR count). The van der Waals surface area contributed by atoms with Gasteiger partial charge in [-0.05, 0) is 29.8 Å². The van der Waals surface area contributed by atoms with E-state index in [1.54, 1.807) is 24.3 Å². The maximum Gasteiger partial charge on any atom is 0.352 e. The van der Waals surface area contributed by atoms with Gasteiger partial charge in [-0.2, -0.15) is 0 Å². The molecular formula is C16H10Cl2N2O4. The van der Waals surface area contributed by atoms with Crippen molar-refractivity contribution >= 4 is 45.8 Å². The van der Waals surface area contributed by atoms with Gasteiger partial charge in [0.15, 0.2) is 0 Å². The standard InChI is InChI=1S/C16H10Cl2N2O4/c17-11-5-4-9(6-12(11)18)8-19-13-2-1-3-14(20(23)24)10(13)7-15(19)16(21)22/h1-7H,8H2,(H,21,22). The summed E-state index contributed by atoms with van der Waals surface area (Å²) in [6, 6.07) is 10.8. The number of non-ortho nitro benzene ring substituents is 1. The van der Waals surface area contributed by atoms with Crippen molar-refractivity contribution in [1.29, 1.82) is 0 Å². The van der Waals surface area contributed by atoms with Crippen molar-refractivity contribution in [3.8, 4) is 0 Å². The second-order valence-electron chi connectivity index (χ2n) is 5.14. The van der Waals surface area contributed by atoms with Gasteiger partial charge in [-0.3, -0.25) is 10.1 Å². The fraction of sp³-hybridized carbons (Fsp3) is 0.0625. The number of aromatic nitrogens is 1. The summed E-state index contributed by atoms with van der Waals surface area (Å²) in [6.45, 7) is 0.198. The molecule has 0 spiro atoms. The van der Waals surface area contributed by atoms with Crippen LogP contribution in [0.2, 0.25) is 10.0 Å². The second-order valence-corrected chi connectivity index (χ2v) is 5.95. The predicted molar refractivity (Wildman–Crippen MR) is 91.1 cm³/mol. The van der Waals surface area contributed by atoms with E-state index in [1.165, 1.54) is 22.8 Å². The molecule has 0 aliphatic rings. The molecule has 2 aromatic carbocycles. The molecule has 0 aliphatic carbocycles. The minimum atomic E-state index is -1.17. The third-order valence-electron chi connectivity index (χ3n) is 3.66. The monoisotopic (exact) mass is 364 g/mol. The number of nitrogens with zero attached hydrogens (tertiary/aromatic N) is 2. The van der Waals surface area contributed by atoms with E-state index < -0.39 is 10.9 Å². The normalized spacial score (nSPS) is 10.9. The molecule has 8 heteroatoms. The summed E-state index contributed by atoms with van der Waals surface area (Å²) in [5, 5.41) is 21.6. The van der Waals surface area contributed by atoms with E-state index in [0.29, 0.717) is 15.6 Å². The summed E-state index contributed by atoms with van der Waals surface area (Å²) in [7, 11) is 0. The summed E-state index contributed by atoms with van der Waals surface area (Å²) in [6.07, 6.45) is 0. The highest BCUT2D eigenvalue weighted by atomic mass is 35.5. The molecule has 0 saturated heterocycles. The van der Waals surface area contributed by atoms with Crippen molar-refractivity contribution in [2.75, 3.05) is 0 Å². The van der Waals surface area contributed by atoms with E-state index >= 15 is 0 Å². The molecule has 24 heavy (non-hydrogen) atoms. The number of benzene rings is 2. The van der Waals surface area contributed by atoms with E-state index in [2.05, 4.69) is 0 Å². The number of nitro benzene ring substituents is 1. The average molecular weight is 365 g/mol. The molecule has 0 atom stereocenters. The summed E-state index contributed by atoms with van der Waals surface area (Å²) in [4.78, 5) is 22.2. The lowest BCUT2D eigenvalue weighted by molar-refractivity contribution is -0.383. The van der Waals surface area contributed by atoms with Crippen LogP contribution in [0.5, 0.6) is 0 Å². The third-order valence-corrected chi connectivity index (χ3v) is 4.40. The molecule has 0 fully saturated rings.